The molecule has 1 saturated heterocycles. The van der Waals surface area contributed by atoms with Crippen LogP contribution in [-0.2, 0) is 11.8 Å². The first kappa shape index (κ1) is 19.7. The predicted octanol–water partition coefficient (Wildman–Crippen LogP) is 1.08. The highest BCUT2D eigenvalue weighted by Gasteiger charge is 2.40. The van der Waals surface area contributed by atoms with Gasteiger partial charge in [-0.25, -0.2) is 0 Å². The molecule has 3 N–H and O–H groups in total. The van der Waals surface area contributed by atoms with Gasteiger partial charge in [-0.3, -0.25) is 14.3 Å². The maximum Gasteiger partial charge on any atom is 0.254 e. The number of likely N-dealkylation sites (tertiary alicyclic amines) is 1. The van der Waals surface area contributed by atoms with E-state index in [9.17, 15) is 9.59 Å². The molecule has 1 aliphatic heterocycles. The summed E-state index contributed by atoms with van der Waals surface area (Å²) in [6.07, 6.45) is 8.83. The van der Waals surface area contributed by atoms with Gasteiger partial charge >= 0.3 is 0 Å². The Labute approximate surface area is 154 Å². The molecule has 2 fully saturated rings. The summed E-state index contributed by atoms with van der Waals surface area (Å²) in [5.41, 5.74) is 6.23. The van der Waals surface area contributed by atoms with Crippen molar-refractivity contribution in [2.24, 2.45) is 18.7 Å². The van der Waals surface area contributed by atoms with E-state index < -0.39 is 5.54 Å². The van der Waals surface area contributed by atoms with Crippen LogP contribution in [-0.4, -0.2) is 51.7 Å². The average Bonchev–Trinajstić information content (AvgIpc) is 3.22. The minimum atomic E-state index is -0.624. The van der Waals surface area contributed by atoms with Crippen LogP contribution >= 0.6 is 12.4 Å². The molecule has 0 radical (unpaired) electrons. The Morgan fingerprint density at radius 2 is 1.96 bits per heavy atom. The van der Waals surface area contributed by atoms with Gasteiger partial charge in [0.25, 0.3) is 5.91 Å². The number of aryl methyl sites for hydroxylation is 1. The first-order chi connectivity index (χ1) is 11.5. The van der Waals surface area contributed by atoms with Crippen LogP contribution in [0.2, 0.25) is 0 Å². The topological polar surface area (TPSA) is 93.2 Å². The minimum Gasteiger partial charge on any atom is -0.352 e. The summed E-state index contributed by atoms with van der Waals surface area (Å²) in [5, 5.41) is 6.97. The van der Waals surface area contributed by atoms with Gasteiger partial charge in [-0.1, -0.05) is 12.8 Å². The van der Waals surface area contributed by atoms with E-state index >= 15 is 0 Å². The number of amides is 2. The summed E-state index contributed by atoms with van der Waals surface area (Å²) < 4.78 is 1.62. The molecule has 3 rings (SSSR count). The van der Waals surface area contributed by atoms with Gasteiger partial charge in [0.05, 0.1) is 17.3 Å². The summed E-state index contributed by atoms with van der Waals surface area (Å²) >= 11 is 0. The van der Waals surface area contributed by atoms with Crippen LogP contribution in [0.4, 0.5) is 0 Å². The molecule has 0 unspecified atom stereocenters. The van der Waals surface area contributed by atoms with E-state index in [1.165, 1.54) is 0 Å². The van der Waals surface area contributed by atoms with E-state index in [-0.39, 0.29) is 24.2 Å². The summed E-state index contributed by atoms with van der Waals surface area (Å²) in [6.45, 7) is 2.12. The van der Waals surface area contributed by atoms with Crippen LogP contribution in [0, 0.1) is 5.92 Å². The SMILES string of the molecule is Cl.Cn1cc(C(=O)NCC2CCN(C(=O)C3(N)CCCC3)CC2)cn1. The maximum atomic E-state index is 12.6. The molecule has 1 aromatic rings. The van der Waals surface area contributed by atoms with E-state index in [2.05, 4.69) is 10.4 Å². The Morgan fingerprint density at radius 3 is 2.52 bits per heavy atom. The first-order valence-corrected chi connectivity index (χ1v) is 8.83. The predicted molar refractivity (Wildman–Crippen MR) is 97.5 cm³/mol. The number of nitrogens with zero attached hydrogens (tertiary/aromatic N) is 3. The van der Waals surface area contributed by atoms with Crippen LogP contribution in [0.3, 0.4) is 0 Å². The molecule has 140 valence electrons. The number of nitrogens with one attached hydrogen (secondary N) is 1. The molecule has 0 aromatic carbocycles. The largest absolute Gasteiger partial charge is 0.352 e. The van der Waals surface area contributed by atoms with Crippen LogP contribution in [0.1, 0.15) is 48.9 Å². The lowest BCUT2D eigenvalue weighted by Crippen LogP contribution is -2.55. The van der Waals surface area contributed by atoms with Crippen LogP contribution < -0.4 is 11.1 Å². The molecule has 1 saturated carbocycles. The van der Waals surface area contributed by atoms with Gasteiger partial charge in [0.1, 0.15) is 0 Å². The number of carbonyl (C=O) groups is 2. The van der Waals surface area contributed by atoms with Gasteiger partial charge in [0.2, 0.25) is 5.91 Å². The van der Waals surface area contributed by atoms with Gasteiger partial charge < -0.3 is 16.0 Å². The third kappa shape index (κ3) is 4.52. The van der Waals surface area contributed by atoms with Crippen molar-refractivity contribution in [1.82, 2.24) is 20.0 Å². The van der Waals surface area contributed by atoms with Crippen molar-refractivity contribution in [3.05, 3.63) is 18.0 Å². The van der Waals surface area contributed by atoms with Crippen molar-refractivity contribution in [3.8, 4) is 0 Å². The highest BCUT2D eigenvalue weighted by molar-refractivity contribution is 5.93. The lowest BCUT2D eigenvalue weighted by atomic mass is 9.92. The van der Waals surface area contributed by atoms with Crippen molar-refractivity contribution in [1.29, 1.82) is 0 Å². The lowest BCUT2D eigenvalue weighted by Gasteiger charge is -2.36. The number of aromatic nitrogens is 2. The Morgan fingerprint density at radius 1 is 1.32 bits per heavy atom. The number of piperidine rings is 1. The molecule has 2 aliphatic rings. The van der Waals surface area contributed by atoms with Gasteiger partial charge in [-0.2, -0.15) is 5.10 Å². The van der Waals surface area contributed by atoms with Gasteiger partial charge in [0, 0.05) is 32.9 Å². The Balaban J connectivity index is 0.00000225. The molecule has 8 heteroatoms. The van der Waals surface area contributed by atoms with Crippen molar-refractivity contribution in [2.75, 3.05) is 19.6 Å². The van der Waals surface area contributed by atoms with E-state index in [1.807, 2.05) is 4.90 Å². The van der Waals surface area contributed by atoms with Gasteiger partial charge in [0.15, 0.2) is 0 Å². The summed E-state index contributed by atoms with van der Waals surface area (Å²) in [7, 11) is 1.79. The molecule has 1 aliphatic carbocycles. The van der Waals surface area contributed by atoms with Gasteiger partial charge in [-0.05, 0) is 31.6 Å². The van der Waals surface area contributed by atoms with Crippen molar-refractivity contribution >= 4 is 24.2 Å². The Bertz CT molecular complexity index is 604. The summed E-state index contributed by atoms with van der Waals surface area (Å²) in [6, 6.07) is 0. The van der Waals surface area contributed by atoms with E-state index in [1.54, 1.807) is 24.1 Å². The summed E-state index contributed by atoms with van der Waals surface area (Å²) in [5.74, 6) is 0.443. The fourth-order valence-electron chi connectivity index (χ4n) is 3.75. The number of carbonyl (C=O) groups excluding carboxylic acids is 2. The standard InChI is InChI=1S/C17H27N5O2.ClH/c1-21-12-14(11-20-21)15(23)19-10-13-4-8-22(9-5-13)16(24)17(18)6-2-3-7-17;/h11-13H,2-10,18H2,1H3,(H,19,23);1H. The fourth-order valence-corrected chi connectivity index (χ4v) is 3.75. The van der Waals surface area contributed by atoms with Crippen molar-refractivity contribution in [3.63, 3.8) is 0 Å². The Kier molecular flexibility index (Phi) is 6.46. The van der Waals surface area contributed by atoms with Crippen molar-refractivity contribution in [2.45, 2.75) is 44.1 Å². The lowest BCUT2D eigenvalue weighted by molar-refractivity contribution is -0.138. The van der Waals surface area contributed by atoms with Crippen molar-refractivity contribution < 1.29 is 9.59 Å². The second-order valence-corrected chi connectivity index (χ2v) is 7.21. The van der Waals surface area contributed by atoms with Crippen LogP contribution in [0.5, 0.6) is 0 Å². The third-order valence-electron chi connectivity index (χ3n) is 5.34. The molecule has 0 bridgehead atoms. The highest BCUT2D eigenvalue weighted by atomic mass is 35.5. The monoisotopic (exact) mass is 369 g/mol. The first-order valence-electron chi connectivity index (χ1n) is 8.83. The molecule has 7 nitrogen and oxygen atoms in total. The van der Waals surface area contributed by atoms with E-state index in [0.717, 1.165) is 51.6 Å². The zero-order valence-electron chi connectivity index (χ0n) is 14.7. The number of hydrogen-bond donors (Lipinski definition) is 2. The van der Waals surface area contributed by atoms with Crippen LogP contribution in [0.15, 0.2) is 12.4 Å². The molecule has 2 amide bonds. The molecular formula is C17H28ClN5O2. The highest BCUT2D eigenvalue weighted by Crippen LogP contribution is 2.30. The molecule has 0 atom stereocenters. The smallest absolute Gasteiger partial charge is 0.254 e. The van der Waals surface area contributed by atoms with Gasteiger partial charge in [-0.15, -0.1) is 12.4 Å². The molecule has 1 aromatic heterocycles. The zero-order valence-corrected chi connectivity index (χ0v) is 15.6. The molecule has 25 heavy (non-hydrogen) atoms. The quantitative estimate of drug-likeness (QED) is 0.830. The van der Waals surface area contributed by atoms with E-state index in [0.29, 0.717) is 18.0 Å². The number of hydrogen-bond acceptors (Lipinski definition) is 4. The number of halogens is 1. The fraction of sp³-hybridized carbons (Fsp3) is 0.706. The zero-order chi connectivity index (χ0) is 17.2. The van der Waals surface area contributed by atoms with Crippen LogP contribution in [0.25, 0.3) is 0 Å². The summed E-state index contributed by atoms with van der Waals surface area (Å²) in [4.78, 5) is 26.6. The third-order valence-corrected chi connectivity index (χ3v) is 5.34. The molecule has 0 spiro atoms. The minimum absolute atomic E-state index is 0. The average molecular weight is 370 g/mol. The molecule has 2 heterocycles. The normalized spacial score (nSPS) is 20.2. The number of nitrogens with two attached hydrogens (primary N) is 1. The molecular weight excluding hydrogens is 342 g/mol. The Hall–Kier alpha value is -1.60. The van der Waals surface area contributed by atoms with E-state index in [4.69, 9.17) is 5.73 Å². The number of rotatable bonds is 4. The maximum absolute atomic E-state index is 12.6. The second kappa shape index (κ2) is 8.19. The second-order valence-electron chi connectivity index (χ2n) is 7.21.